The standard InChI is InChI=1S/C11H12BrN3O/c12-10-3-1-2-8(11(10)16)6-13-7-9-4-5-14-15-9/h1-5,13,16H,6-7H2,(H,14,15). The van der Waals surface area contributed by atoms with Crippen LogP contribution < -0.4 is 5.32 Å². The summed E-state index contributed by atoms with van der Waals surface area (Å²) in [6, 6.07) is 7.51. The smallest absolute Gasteiger partial charge is 0.134 e. The third-order valence-electron chi connectivity index (χ3n) is 2.26. The van der Waals surface area contributed by atoms with Crippen LogP contribution in [0.3, 0.4) is 0 Å². The maximum Gasteiger partial charge on any atom is 0.134 e. The van der Waals surface area contributed by atoms with Crippen molar-refractivity contribution in [2.24, 2.45) is 0 Å². The van der Waals surface area contributed by atoms with E-state index in [1.54, 1.807) is 6.20 Å². The number of hydrogen-bond acceptors (Lipinski definition) is 3. The minimum absolute atomic E-state index is 0.291. The van der Waals surface area contributed by atoms with Crippen molar-refractivity contribution < 1.29 is 5.11 Å². The molecule has 3 N–H and O–H groups in total. The van der Waals surface area contributed by atoms with Crippen LogP contribution in [0.15, 0.2) is 34.9 Å². The molecule has 2 rings (SSSR count). The number of nitrogens with one attached hydrogen (secondary N) is 2. The number of aromatic nitrogens is 2. The van der Waals surface area contributed by atoms with Gasteiger partial charge in [-0.05, 0) is 28.1 Å². The van der Waals surface area contributed by atoms with Crippen LogP contribution in [0.2, 0.25) is 0 Å². The SMILES string of the molecule is Oc1c(Br)cccc1CNCc1ccn[nH]1. The largest absolute Gasteiger partial charge is 0.506 e. The number of para-hydroxylation sites is 1. The zero-order valence-corrected chi connectivity index (χ0v) is 10.2. The Bertz CT molecular complexity index is 456. The van der Waals surface area contributed by atoms with Gasteiger partial charge in [0.1, 0.15) is 5.75 Å². The van der Waals surface area contributed by atoms with Crippen LogP contribution in [0.25, 0.3) is 0 Å². The Kier molecular flexibility index (Phi) is 3.58. The lowest BCUT2D eigenvalue weighted by Gasteiger charge is -2.06. The van der Waals surface area contributed by atoms with Gasteiger partial charge in [-0.25, -0.2) is 0 Å². The van der Waals surface area contributed by atoms with E-state index in [1.165, 1.54) is 0 Å². The molecule has 0 atom stereocenters. The molecule has 0 spiro atoms. The van der Waals surface area contributed by atoms with E-state index in [4.69, 9.17) is 0 Å². The first-order valence-corrected chi connectivity index (χ1v) is 5.72. The van der Waals surface area contributed by atoms with Crippen molar-refractivity contribution in [3.63, 3.8) is 0 Å². The Morgan fingerprint density at radius 2 is 2.19 bits per heavy atom. The second kappa shape index (κ2) is 5.14. The van der Waals surface area contributed by atoms with Gasteiger partial charge in [0.05, 0.1) is 4.47 Å². The van der Waals surface area contributed by atoms with Crippen molar-refractivity contribution in [1.29, 1.82) is 0 Å². The fourth-order valence-electron chi connectivity index (χ4n) is 1.42. The average molecular weight is 282 g/mol. The summed E-state index contributed by atoms with van der Waals surface area (Å²) in [7, 11) is 0. The number of phenols is 1. The number of nitrogens with zero attached hydrogens (tertiary/aromatic N) is 1. The summed E-state index contributed by atoms with van der Waals surface area (Å²) in [6.07, 6.45) is 1.72. The van der Waals surface area contributed by atoms with Gasteiger partial charge in [-0.2, -0.15) is 5.10 Å². The highest BCUT2D eigenvalue weighted by molar-refractivity contribution is 9.10. The minimum atomic E-state index is 0.291. The molecule has 2 aromatic rings. The van der Waals surface area contributed by atoms with E-state index in [0.29, 0.717) is 23.3 Å². The Labute approximate surface area is 102 Å². The van der Waals surface area contributed by atoms with E-state index in [9.17, 15) is 5.11 Å². The molecule has 0 radical (unpaired) electrons. The molecular weight excluding hydrogens is 270 g/mol. The molecular formula is C11H12BrN3O. The molecule has 0 fully saturated rings. The summed E-state index contributed by atoms with van der Waals surface area (Å²) >= 11 is 3.28. The number of halogens is 1. The highest BCUT2D eigenvalue weighted by Gasteiger charge is 2.03. The maximum atomic E-state index is 9.75. The molecule has 0 unspecified atom stereocenters. The molecule has 0 aliphatic heterocycles. The second-order valence-electron chi connectivity index (χ2n) is 3.43. The molecule has 0 aliphatic rings. The third kappa shape index (κ3) is 2.62. The zero-order chi connectivity index (χ0) is 11.4. The average Bonchev–Trinajstić information content (AvgIpc) is 2.77. The number of hydrogen-bond donors (Lipinski definition) is 3. The van der Waals surface area contributed by atoms with Crippen LogP contribution in [0, 0.1) is 0 Å². The van der Waals surface area contributed by atoms with Crippen LogP contribution in [0.5, 0.6) is 5.75 Å². The lowest BCUT2D eigenvalue weighted by atomic mass is 10.2. The first-order chi connectivity index (χ1) is 7.77. The van der Waals surface area contributed by atoms with Gasteiger partial charge in [0.2, 0.25) is 0 Å². The van der Waals surface area contributed by atoms with E-state index < -0.39 is 0 Å². The topological polar surface area (TPSA) is 60.9 Å². The van der Waals surface area contributed by atoms with Crippen LogP contribution in [-0.2, 0) is 13.1 Å². The van der Waals surface area contributed by atoms with Crippen molar-refractivity contribution in [3.05, 3.63) is 46.2 Å². The molecule has 4 nitrogen and oxygen atoms in total. The predicted molar refractivity (Wildman–Crippen MR) is 64.9 cm³/mol. The Balaban J connectivity index is 1.92. The number of phenolic OH excluding ortho intramolecular Hbond substituents is 1. The van der Waals surface area contributed by atoms with Gasteiger partial charge in [0.25, 0.3) is 0 Å². The van der Waals surface area contributed by atoms with Gasteiger partial charge in [-0.1, -0.05) is 12.1 Å². The van der Waals surface area contributed by atoms with Crippen molar-refractivity contribution >= 4 is 15.9 Å². The first kappa shape index (κ1) is 11.2. The highest BCUT2D eigenvalue weighted by Crippen LogP contribution is 2.27. The van der Waals surface area contributed by atoms with E-state index in [1.807, 2.05) is 24.3 Å². The summed E-state index contributed by atoms with van der Waals surface area (Å²) < 4.78 is 0.716. The van der Waals surface area contributed by atoms with Crippen molar-refractivity contribution in [1.82, 2.24) is 15.5 Å². The van der Waals surface area contributed by atoms with Crippen molar-refractivity contribution in [2.75, 3.05) is 0 Å². The number of H-pyrrole nitrogens is 1. The molecule has 5 heteroatoms. The lowest BCUT2D eigenvalue weighted by Crippen LogP contribution is -2.13. The first-order valence-electron chi connectivity index (χ1n) is 4.92. The molecule has 0 saturated heterocycles. The lowest BCUT2D eigenvalue weighted by molar-refractivity contribution is 0.461. The van der Waals surface area contributed by atoms with Gasteiger partial charge in [-0.15, -0.1) is 0 Å². The molecule has 84 valence electrons. The van der Waals surface area contributed by atoms with Gasteiger partial charge in [0.15, 0.2) is 0 Å². The summed E-state index contributed by atoms with van der Waals surface area (Å²) in [6.45, 7) is 1.32. The minimum Gasteiger partial charge on any atom is -0.506 e. The maximum absolute atomic E-state index is 9.75. The second-order valence-corrected chi connectivity index (χ2v) is 4.29. The van der Waals surface area contributed by atoms with Gasteiger partial charge in [-0.3, -0.25) is 5.10 Å². The Hall–Kier alpha value is -1.33. The fourth-order valence-corrected chi connectivity index (χ4v) is 1.82. The molecule has 1 aromatic carbocycles. The number of aromatic hydroxyl groups is 1. The molecule has 0 aliphatic carbocycles. The number of benzene rings is 1. The highest BCUT2D eigenvalue weighted by atomic mass is 79.9. The van der Waals surface area contributed by atoms with Gasteiger partial charge < -0.3 is 10.4 Å². The third-order valence-corrected chi connectivity index (χ3v) is 2.90. The van der Waals surface area contributed by atoms with E-state index >= 15 is 0 Å². The number of rotatable bonds is 4. The van der Waals surface area contributed by atoms with Crippen molar-refractivity contribution in [3.8, 4) is 5.75 Å². The normalized spacial score (nSPS) is 10.6. The van der Waals surface area contributed by atoms with E-state index in [2.05, 4.69) is 31.4 Å². The van der Waals surface area contributed by atoms with Crippen LogP contribution in [0.1, 0.15) is 11.3 Å². The number of aromatic amines is 1. The molecule has 1 aromatic heterocycles. The van der Waals surface area contributed by atoms with Crippen LogP contribution in [0.4, 0.5) is 0 Å². The predicted octanol–water partition coefficient (Wildman–Crippen LogP) is 2.17. The summed E-state index contributed by atoms with van der Waals surface area (Å²) in [5, 5.41) is 19.7. The molecule has 0 bridgehead atoms. The Morgan fingerprint density at radius 3 is 2.94 bits per heavy atom. The van der Waals surface area contributed by atoms with Crippen LogP contribution in [-0.4, -0.2) is 15.3 Å². The zero-order valence-electron chi connectivity index (χ0n) is 8.57. The summed E-state index contributed by atoms with van der Waals surface area (Å²) in [5.74, 6) is 0.291. The molecule has 16 heavy (non-hydrogen) atoms. The van der Waals surface area contributed by atoms with E-state index in [0.717, 1.165) is 11.3 Å². The van der Waals surface area contributed by atoms with Gasteiger partial charge in [0, 0.05) is 30.5 Å². The molecule has 0 amide bonds. The molecule has 0 saturated carbocycles. The quantitative estimate of drug-likeness (QED) is 0.805. The van der Waals surface area contributed by atoms with E-state index in [-0.39, 0.29) is 0 Å². The van der Waals surface area contributed by atoms with Gasteiger partial charge >= 0.3 is 0 Å². The Morgan fingerprint density at radius 1 is 1.31 bits per heavy atom. The van der Waals surface area contributed by atoms with Crippen LogP contribution >= 0.6 is 15.9 Å². The summed E-state index contributed by atoms with van der Waals surface area (Å²) in [5.41, 5.74) is 1.89. The molecule has 1 heterocycles. The van der Waals surface area contributed by atoms with Crippen molar-refractivity contribution in [2.45, 2.75) is 13.1 Å². The fraction of sp³-hybridized carbons (Fsp3) is 0.182. The monoisotopic (exact) mass is 281 g/mol. The summed E-state index contributed by atoms with van der Waals surface area (Å²) in [4.78, 5) is 0.